The highest BCUT2D eigenvalue weighted by atomic mass is 79.9. The van der Waals surface area contributed by atoms with Crippen LogP contribution in [0.4, 0.5) is 21.6 Å². The number of nitrogens with one attached hydrogen (secondary N) is 1. The first-order valence-corrected chi connectivity index (χ1v) is 6.28. The minimum absolute atomic E-state index is 0.314. The average Bonchev–Trinajstić information content (AvgIpc) is 2.26. The first kappa shape index (κ1) is 12.3. The van der Waals surface area contributed by atoms with Gasteiger partial charge >= 0.3 is 0 Å². The van der Waals surface area contributed by atoms with Crippen LogP contribution in [-0.4, -0.2) is 4.98 Å². The molecular formula is C11H8Br2FN3. The molecule has 0 saturated heterocycles. The van der Waals surface area contributed by atoms with Crippen LogP contribution >= 0.6 is 31.9 Å². The van der Waals surface area contributed by atoms with Gasteiger partial charge in [-0.2, -0.15) is 0 Å². The maximum atomic E-state index is 13.6. The number of rotatable bonds is 2. The van der Waals surface area contributed by atoms with Crippen LogP contribution in [0.15, 0.2) is 39.4 Å². The molecule has 2 rings (SSSR count). The number of hydrogen-bond donors (Lipinski definition) is 2. The van der Waals surface area contributed by atoms with E-state index < -0.39 is 0 Å². The molecule has 0 spiro atoms. The van der Waals surface area contributed by atoms with Crippen molar-refractivity contribution in [1.29, 1.82) is 0 Å². The summed E-state index contributed by atoms with van der Waals surface area (Å²) in [5.74, 6) is 0.0440. The third-order valence-corrected chi connectivity index (χ3v) is 3.18. The zero-order valence-corrected chi connectivity index (χ0v) is 11.7. The lowest BCUT2D eigenvalue weighted by Crippen LogP contribution is -2.01. The molecule has 0 radical (unpaired) electrons. The molecule has 0 aliphatic heterocycles. The monoisotopic (exact) mass is 359 g/mol. The first-order valence-electron chi connectivity index (χ1n) is 4.70. The number of nitrogen functional groups attached to an aromatic ring is 1. The van der Waals surface area contributed by atoms with Gasteiger partial charge < -0.3 is 11.1 Å². The summed E-state index contributed by atoms with van der Waals surface area (Å²) in [5.41, 5.74) is 6.53. The number of aromatic nitrogens is 1. The van der Waals surface area contributed by atoms with Gasteiger partial charge in [-0.15, -0.1) is 0 Å². The third kappa shape index (κ3) is 2.76. The lowest BCUT2D eigenvalue weighted by atomic mass is 10.3. The molecule has 3 nitrogen and oxygen atoms in total. The molecule has 6 heteroatoms. The predicted molar refractivity (Wildman–Crippen MR) is 73.7 cm³/mol. The Morgan fingerprint density at radius 1 is 1.29 bits per heavy atom. The van der Waals surface area contributed by atoms with E-state index in [4.69, 9.17) is 5.73 Å². The highest BCUT2D eigenvalue weighted by molar-refractivity contribution is 9.10. The van der Waals surface area contributed by atoms with E-state index in [2.05, 4.69) is 42.2 Å². The molecule has 1 aromatic carbocycles. The molecule has 1 aromatic heterocycles. The molecular weight excluding hydrogens is 353 g/mol. The van der Waals surface area contributed by atoms with Crippen LogP contribution in [0.5, 0.6) is 0 Å². The van der Waals surface area contributed by atoms with Crippen molar-refractivity contribution in [3.8, 4) is 0 Å². The lowest BCUT2D eigenvalue weighted by molar-refractivity contribution is 0.631. The molecule has 0 fully saturated rings. The van der Waals surface area contributed by atoms with Gasteiger partial charge in [-0.25, -0.2) is 9.37 Å². The number of nitrogens with two attached hydrogens (primary N) is 1. The Labute approximate surface area is 114 Å². The van der Waals surface area contributed by atoms with E-state index in [1.807, 2.05) is 0 Å². The topological polar surface area (TPSA) is 50.9 Å². The SMILES string of the molecule is Nc1cc(Br)cnc1Nc1c(F)cccc1Br. The molecule has 88 valence electrons. The van der Waals surface area contributed by atoms with Crippen molar-refractivity contribution in [2.45, 2.75) is 0 Å². The first-order chi connectivity index (χ1) is 8.08. The van der Waals surface area contributed by atoms with Crippen molar-refractivity contribution in [3.05, 3.63) is 45.2 Å². The van der Waals surface area contributed by atoms with Gasteiger partial charge in [0.05, 0.1) is 11.4 Å². The van der Waals surface area contributed by atoms with Gasteiger partial charge in [0.2, 0.25) is 0 Å². The fourth-order valence-electron chi connectivity index (χ4n) is 1.30. The van der Waals surface area contributed by atoms with E-state index in [1.54, 1.807) is 24.4 Å². The van der Waals surface area contributed by atoms with Crippen molar-refractivity contribution in [2.24, 2.45) is 0 Å². The van der Waals surface area contributed by atoms with Crippen molar-refractivity contribution >= 4 is 49.1 Å². The smallest absolute Gasteiger partial charge is 0.153 e. The zero-order chi connectivity index (χ0) is 12.4. The van der Waals surface area contributed by atoms with Gasteiger partial charge in [0, 0.05) is 15.1 Å². The van der Waals surface area contributed by atoms with E-state index in [0.717, 1.165) is 4.47 Å². The minimum atomic E-state index is -0.372. The van der Waals surface area contributed by atoms with E-state index in [-0.39, 0.29) is 5.82 Å². The molecule has 1 heterocycles. The van der Waals surface area contributed by atoms with E-state index in [9.17, 15) is 4.39 Å². The molecule has 0 amide bonds. The Balaban J connectivity index is 2.38. The van der Waals surface area contributed by atoms with Crippen molar-refractivity contribution in [2.75, 3.05) is 11.1 Å². The number of para-hydroxylation sites is 1. The largest absolute Gasteiger partial charge is 0.396 e. The number of nitrogens with zero attached hydrogens (tertiary/aromatic N) is 1. The molecule has 0 unspecified atom stereocenters. The summed E-state index contributed by atoms with van der Waals surface area (Å²) < 4.78 is 15.0. The molecule has 0 bridgehead atoms. The maximum absolute atomic E-state index is 13.6. The van der Waals surface area contributed by atoms with E-state index in [1.165, 1.54) is 6.07 Å². The van der Waals surface area contributed by atoms with Crippen LogP contribution in [0.2, 0.25) is 0 Å². The molecule has 2 aromatic rings. The van der Waals surface area contributed by atoms with Crippen LogP contribution in [-0.2, 0) is 0 Å². The summed E-state index contributed by atoms with van der Waals surface area (Å²) in [6.45, 7) is 0. The van der Waals surface area contributed by atoms with Gasteiger partial charge in [-0.3, -0.25) is 0 Å². The predicted octanol–water partition coefficient (Wildman–Crippen LogP) is 4.07. The maximum Gasteiger partial charge on any atom is 0.153 e. The van der Waals surface area contributed by atoms with Gasteiger partial charge in [-0.05, 0) is 50.1 Å². The second-order valence-corrected chi connectivity index (χ2v) is 5.08. The number of hydrogen-bond acceptors (Lipinski definition) is 3. The lowest BCUT2D eigenvalue weighted by Gasteiger charge is -2.10. The number of anilines is 3. The quantitative estimate of drug-likeness (QED) is 0.848. The van der Waals surface area contributed by atoms with Crippen molar-refractivity contribution < 1.29 is 4.39 Å². The van der Waals surface area contributed by atoms with Crippen molar-refractivity contribution in [3.63, 3.8) is 0 Å². The number of benzene rings is 1. The highest BCUT2D eigenvalue weighted by Gasteiger charge is 2.09. The standard InChI is InChI=1S/C11H8Br2FN3/c12-6-4-9(15)11(16-5-6)17-10-7(13)2-1-3-8(10)14/h1-5H,15H2,(H,16,17). The van der Waals surface area contributed by atoms with Gasteiger partial charge in [0.15, 0.2) is 5.82 Å². The molecule has 0 aliphatic carbocycles. The van der Waals surface area contributed by atoms with E-state index in [0.29, 0.717) is 21.7 Å². The average molecular weight is 361 g/mol. The molecule has 0 atom stereocenters. The van der Waals surface area contributed by atoms with Crippen molar-refractivity contribution in [1.82, 2.24) is 4.98 Å². The summed E-state index contributed by atoms with van der Waals surface area (Å²) in [7, 11) is 0. The normalized spacial score (nSPS) is 10.3. The van der Waals surface area contributed by atoms with E-state index >= 15 is 0 Å². The Bertz CT molecular complexity index is 540. The second-order valence-electron chi connectivity index (χ2n) is 3.31. The number of pyridine rings is 1. The second kappa shape index (κ2) is 5.01. The molecule has 0 aliphatic rings. The summed E-state index contributed by atoms with van der Waals surface area (Å²) in [6.07, 6.45) is 1.59. The Morgan fingerprint density at radius 3 is 2.71 bits per heavy atom. The fraction of sp³-hybridized carbons (Fsp3) is 0. The molecule has 17 heavy (non-hydrogen) atoms. The van der Waals surface area contributed by atoms with Gasteiger partial charge in [-0.1, -0.05) is 6.07 Å². The Kier molecular flexibility index (Phi) is 3.63. The zero-order valence-electron chi connectivity index (χ0n) is 8.55. The van der Waals surface area contributed by atoms with Gasteiger partial charge in [0.1, 0.15) is 5.82 Å². The van der Waals surface area contributed by atoms with Crippen LogP contribution in [0, 0.1) is 5.82 Å². The highest BCUT2D eigenvalue weighted by Crippen LogP contribution is 2.30. The third-order valence-electron chi connectivity index (χ3n) is 2.09. The summed E-state index contributed by atoms with van der Waals surface area (Å²) >= 11 is 6.52. The fourth-order valence-corrected chi connectivity index (χ4v) is 2.09. The van der Waals surface area contributed by atoms with Gasteiger partial charge in [0.25, 0.3) is 0 Å². The van der Waals surface area contributed by atoms with Crippen LogP contribution in [0.25, 0.3) is 0 Å². The Morgan fingerprint density at radius 2 is 2.06 bits per heavy atom. The summed E-state index contributed by atoms with van der Waals surface area (Å²) in [4.78, 5) is 4.08. The Hall–Kier alpha value is -1.14. The summed E-state index contributed by atoms with van der Waals surface area (Å²) in [5, 5.41) is 2.86. The number of halogens is 3. The molecule has 0 saturated carbocycles. The summed E-state index contributed by atoms with van der Waals surface area (Å²) in [6, 6.07) is 6.41. The van der Waals surface area contributed by atoms with Crippen LogP contribution in [0.3, 0.4) is 0 Å². The van der Waals surface area contributed by atoms with Crippen LogP contribution in [0.1, 0.15) is 0 Å². The minimum Gasteiger partial charge on any atom is -0.396 e. The molecule has 3 N–H and O–H groups in total. The van der Waals surface area contributed by atoms with Crippen LogP contribution < -0.4 is 11.1 Å².